The number of fused-ring (bicyclic) bond motifs is 3. The minimum Gasteiger partial charge on any atom is -0.508 e. The van der Waals surface area contributed by atoms with Crippen molar-refractivity contribution in [3.8, 4) is 23.0 Å². The Morgan fingerprint density at radius 3 is 2.69 bits per heavy atom. The van der Waals surface area contributed by atoms with Gasteiger partial charge in [-0.2, -0.15) is 9.97 Å². The Morgan fingerprint density at radius 2 is 1.94 bits per heavy atom. The highest BCUT2D eigenvalue weighted by atomic mass is 32.2. The Morgan fingerprint density at radius 1 is 1.12 bits per heavy atom. The molecule has 4 fully saturated rings. The lowest BCUT2D eigenvalue weighted by Gasteiger charge is -2.38. The van der Waals surface area contributed by atoms with Crippen LogP contribution in [0.1, 0.15) is 44.6 Å². The number of sulfone groups is 1. The Labute approximate surface area is 275 Å². The molecule has 254 valence electrons. The third kappa shape index (κ3) is 4.89. The van der Waals surface area contributed by atoms with Crippen molar-refractivity contribution < 1.29 is 36.2 Å². The van der Waals surface area contributed by atoms with E-state index in [1.54, 1.807) is 6.92 Å². The number of hydrogen-bond acceptors (Lipinski definition) is 10. The number of phenols is 1. The summed E-state index contributed by atoms with van der Waals surface area (Å²) in [5.74, 6) is -1.08. The van der Waals surface area contributed by atoms with Crippen molar-refractivity contribution in [2.75, 3.05) is 50.0 Å². The fraction of sp³-hybridized carbons (Fsp3) is 0.500. The second kappa shape index (κ2) is 11.4. The summed E-state index contributed by atoms with van der Waals surface area (Å²) in [6.45, 7) is 3.74. The zero-order valence-corrected chi connectivity index (χ0v) is 27.3. The summed E-state index contributed by atoms with van der Waals surface area (Å²) in [6, 6.07) is 5.62. The lowest BCUT2D eigenvalue weighted by Crippen LogP contribution is -2.48. The van der Waals surface area contributed by atoms with Crippen LogP contribution in [-0.2, 0) is 21.0 Å². The lowest BCUT2D eigenvalue weighted by atomic mass is 9.94. The molecule has 0 radical (unpaired) electrons. The molecule has 4 aliphatic heterocycles. The first-order valence-corrected chi connectivity index (χ1v) is 18.1. The van der Waals surface area contributed by atoms with E-state index < -0.39 is 38.1 Å². The largest absolute Gasteiger partial charge is 0.508 e. The van der Waals surface area contributed by atoms with Crippen molar-refractivity contribution >= 4 is 37.3 Å². The van der Waals surface area contributed by atoms with Crippen LogP contribution < -0.4 is 9.64 Å². The van der Waals surface area contributed by atoms with Crippen molar-refractivity contribution in [1.29, 1.82) is 0 Å². The number of rotatable bonds is 6. The van der Waals surface area contributed by atoms with E-state index in [0.29, 0.717) is 41.5 Å². The van der Waals surface area contributed by atoms with Gasteiger partial charge in [0.15, 0.2) is 20.6 Å². The van der Waals surface area contributed by atoms with Gasteiger partial charge >= 0.3 is 6.01 Å². The molecule has 0 aliphatic carbocycles. The van der Waals surface area contributed by atoms with Gasteiger partial charge in [0.05, 0.1) is 23.3 Å². The summed E-state index contributed by atoms with van der Waals surface area (Å²) in [7, 11) is -3.43. The van der Waals surface area contributed by atoms with Gasteiger partial charge in [-0.15, -0.1) is 0 Å². The van der Waals surface area contributed by atoms with Gasteiger partial charge in [0.25, 0.3) is 0 Å². The summed E-state index contributed by atoms with van der Waals surface area (Å²) >= 11 is 0. The Balaban J connectivity index is 1.24. The van der Waals surface area contributed by atoms with Gasteiger partial charge in [-0.25, -0.2) is 21.6 Å². The molecule has 8 rings (SSSR count). The van der Waals surface area contributed by atoms with Crippen LogP contribution >= 0.6 is 0 Å². The van der Waals surface area contributed by atoms with Crippen molar-refractivity contribution in [2.45, 2.75) is 62.1 Å². The number of alkyl halides is 1. The molecule has 48 heavy (non-hydrogen) atoms. The standard InChI is InChI=1S/C34H36F3N5O5S/c1-2-23-26(36)5-4-20-14-22(43)15-24(27(20)23)29-28(37)30-25(17-38-29)31(41-10-7-34(8-11-41)47-12-13-48(34,44)45)40-32(39-30)46-19-33-6-3-9-42(33)18-21(35)16-33/h4-5,14-15,17,21,43H,2-3,6-13,16,18-19H2,1H3/t21-,33+/m1/s1. The molecule has 4 aromatic rings. The normalized spacial score (nSPS) is 25.0. The predicted molar refractivity (Wildman–Crippen MR) is 174 cm³/mol. The second-order valence-electron chi connectivity index (χ2n) is 13.4. The molecule has 4 saturated heterocycles. The Kier molecular flexibility index (Phi) is 7.49. The zero-order chi connectivity index (χ0) is 33.4. The number of aryl methyl sites for hydroxylation is 1. The van der Waals surface area contributed by atoms with E-state index >= 15 is 4.39 Å². The highest BCUT2D eigenvalue weighted by molar-refractivity contribution is 7.92. The van der Waals surface area contributed by atoms with Gasteiger partial charge in [-0.3, -0.25) is 9.88 Å². The number of aromatic nitrogens is 3. The average molecular weight is 684 g/mol. The van der Waals surface area contributed by atoms with E-state index in [4.69, 9.17) is 14.5 Å². The van der Waals surface area contributed by atoms with Gasteiger partial charge in [0, 0.05) is 50.7 Å². The fourth-order valence-electron chi connectivity index (χ4n) is 8.32. The number of piperidine rings is 1. The number of benzene rings is 2. The number of anilines is 1. The van der Waals surface area contributed by atoms with E-state index in [2.05, 4.69) is 14.9 Å². The number of aromatic hydroxyl groups is 1. The minimum atomic E-state index is -3.43. The van der Waals surface area contributed by atoms with Crippen molar-refractivity contribution in [2.24, 2.45) is 0 Å². The van der Waals surface area contributed by atoms with Crippen LogP contribution in [0.2, 0.25) is 0 Å². The number of phenolic OH excluding ortho intramolecular Hbond substituents is 1. The highest BCUT2D eigenvalue weighted by Gasteiger charge is 2.51. The first kappa shape index (κ1) is 31.5. The fourth-order valence-corrected chi connectivity index (χ4v) is 10.1. The summed E-state index contributed by atoms with van der Waals surface area (Å²) < 4.78 is 84.0. The van der Waals surface area contributed by atoms with Crippen LogP contribution in [0.4, 0.5) is 19.0 Å². The maximum Gasteiger partial charge on any atom is 0.319 e. The molecule has 0 bridgehead atoms. The first-order chi connectivity index (χ1) is 23.0. The molecule has 0 amide bonds. The number of hydrogen-bond donors (Lipinski definition) is 1. The van der Waals surface area contributed by atoms with Crippen LogP contribution in [0.15, 0.2) is 30.5 Å². The number of halogens is 3. The SMILES string of the molecule is CCc1c(F)ccc2cc(O)cc(-c3ncc4c(N5CCC6(CC5)OCCS6(=O)=O)nc(OC[C@@]56CCCN5C[C@H](F)C6)nc4c3F)c12. The quantitative estimate of drug-likeness (QED) is 0.295. The summed E-state index contributed by atoms with van der Waals surface area (Å²) in [6.07, 6.45) is 3.25. The molecular weight excluding hydrogens is 647 g/mol. The van der Waals surface area contributed by atoms with Crippen molar-refractivity contribution in [1.82, 2.24) is 19.9 Å². The summed E-state index contributed by atoms with van der Waals surface area (Å²) in [4.78, 5) is 16.4. The topological polar surface area (TPSA) is 118 Å². The zero-order valence-electron chi connectivity index (χ0n) is 26.5. The van der Waals surface area contributed by atoms with Crippen LogP contribution in [0, 0.1) is 11.6 Å². The number of ether oxygens (including phenoxy) is 2. The van der Waals surface area contributed by atoms with E-state index in [0.717, 1.165) is 19.4 Å². The molecule has 6 heterocycles. The van der Waals surface area contributed by atoms with Gasteiger partial charge in [0.1, 0.15) is 41.4 Å². The van der Waals surface area contributed by atoms with E-state index in [1.807, 2.05) is 4.90 Å². The van der Waals surface area contributed by atoms with Crippen LogP contribution in [0.25, 0.3) is 32.9 Å². The smallest absolute Gasteiger partial charge is 0.319 e. The van der Waals surface area contributed by atoms with Gasteiger partial charge in [-0.1, -0.05) is 13.0 Å². The lowest BCUT2D eigenvalue weighted by molar-refractivity contribution is 0.0285. The van der Waals surface area contributed by atoms with Crippen LogP contribution in [0.5, 0.6) is 11.8 Å². The Hall–Kier alpha value is -3.75. The van der Waals surface area contributed by atoms with E-state index in [1.165, 1.54) is 30.5 Å². The van der Waals surface area contributed by atoms with Crippen LogP contribution in [0.3, 0.4) is 0 Å². The molecule has 2 atom stereocenters. The number of pyridine rings is 1. The molecule has 0 unspecified atom stereocenters. The summed E-state index contributed by atoms with van der Waals surface area (Å²) in [5, 5.41) is 11.8. The maximum absolute atomic E-state index is 16.9. The third-order valence-corrected chi connectivity index (χ3v) is 13.1. The molecule has 2 aromatic carbocycles. The highest BCUT2D eigenvalue weighted by Crippen LogP contribution is 2.43. The monoisotopic (exact) mass is 683 g/mol. The molecule has 1 N–H and O–H groups in total. The average Bonchev–Trinajstić information content (AvgIpc) is 3.69. The molecule has 4 aliphatic rings. The predicted octanol–water partition coefficient (Wildman–Crippen LogP) is 5.09. The van der Waals surface area contributed by atoms with Crippen molar-refractivity contribution in [3.05, 3.63) is 47.7 Å². The van der Waals surface area contributed by atoms with Gasteiger partial charge in [0.2, 0.25) is 0 Å². The Bertz CT molecular complexity index is 2060. The van der Waals surface area contributed by atoms with Crippen LogP contribution in [-0.4, -0.2) is 95.2 Å². The summed E-state index contributed by atoms with van der Waals surface area (Å²) in [5.41, 5.74) is -0.129. The first-order valence-electron chi connectivity index (χ1n) is 16.5. The molecule has 14 heteroatoms. The second-order valence-corrected chi connectivity index (χ2v) is 15.8. The molecule has 0 saturated carbocycles. The number of nitrogens with zero attached hydrogens (tertiary/aromatic N) is 5. The molecule has 10 nitrogen and oxygen atoms in total. The third-order valence-electron chi connectivity index (χ3n) is 10.7. The van der Waals surface area contributed by atoms with Crippen molar-refractivity contribution in [3.63, 3.8) is 0 Å². The van der Waals surface area contributed by atoms with E-state index in [9.17, 15) is 22.3 Å². The minimum absolute atomic E-state index is 0.0226. The van der Waals surface area contributed by atoms with E-state index in [-0.39, 0.29) is 78.8 Å². The molecule has 2 aromatic heterocycles. The maximum atomic E-state index is 16.9. The molecule has 1 spiro atoms. The van der Waals surface area contributed by atoms with Gasteiger partial charge in [-0.05, 0) is 60.3 Å². The molecular formula is C34H36F3N5O5S. The van der Waals surface area contributed by atoms with Gasteiger partial charge < -0.3 is 19.5 Å².